The van der Waals surface area contributed by atoms with Gasteiger partial charge in [0, 0.05) is 16.7 Å². The molecule has 0 N–H and O–H groups in total. The zero-order valence-corrected chi connectivity index (χ0v) is 9.25. The number of halogens is 2. The van der Waals surface area contributed by atoms with Crippen LogP contribution in [0.4, 0.5) is 0 Å². The maximum Gasteiger partial charge on any atom is 0.0457 e. The molecule has 0 nitrogen and oxygen atoms in total. The summed E-state index contributed by atoms with van der Waals surface area (Å²) in [7, 11) is 0. The first-order valence-electron chi connectivity index (χ1n) is 4.73. The lowest BCUT2D eigenvalue weighted by Gasteiger charge is -2.39. The van der Waals surface area contributed by atoms with Crippen molar-refractivity contribution in [1.29, 1.82) is 0 Å². The third-order valence-corrected chi connectivity index (χ3v) is 5.71. The molecule has 0 radical (unpaired) electrons. The molecule has 0 unspecified atom stereocenters. The molecule has 2 bridgehead atoms. The van der Waals surface area contributed by atoms with E-state index < -0.39 is 0 Å². The molecule has 0 aromatic heterocycles. The number of hydrogen-bond acceptors (Lipinski definition) is 0. The third-order valence-electron chi connectivity index (χ3n) is 4.15. The fourth-order valence-corrected chi connectivity index (χ4v) is 4.14. The van der Waals surface area contributed by atoms with E-state index in [-0.39, 0.29) is 5.41 Å². The summed E-state index contributed by atoms with van der Waals surface area (Å²) >= 11 is 12.5. The summed E-state index contributed by atoms with van der Waals surface area (Å²) in [5.41, 5.74) is 0.589. The van der Waals surface area contributed by atoms with Crippen LogP contribution in [0.3, 0.4) is 0 Å². The molecule has 3 atom stereocenters. The molecule has 12 heavy (non-hydrogen) atoms. The molecule has 0 saturated heterocycles. The Labute approximate surface area is 84.6 Å². The molecule has 70 valence electrons. The highest BCUT2D eigenvalue weighted by atomic mass is 35.5. The first kappa shape index (κ1) is 9.15. The number of alkyl halides is 2. The second kappa shape index (κ2) is 2.54. The average Bonchev–Trinajstić information content (AvgIpc) is 2.53. The summed E-state index contributed by atoms with van der Waals surface area (Å²) in [6.07, 6.45) is 3.85. The molecule has 2 rings (SSSR count). The second-order valence-electron chi connectivity index (χ2n) is 5.12. The zero-order valence-electron chi connectivity index (χ0n) is 7.74. The minimum atomic E-state index is 0.275. The van der Waals surface area contributed by atoms with Gasteiger partial charge in [-0.05, 0) is 30.6 Å². The van der Waals surface area contributed by atoms with E-state index in [9.17, 15) is 0 Å². The quantitative estimate of drug-likeness (QED) is 0.575. The topological polar surface area (TPSA) is 0 Å². The van der Waals surface area contributed by atoms with Gasteiger partial charge >= 0.3 is 0 Å². The second-order valence-corrected chi connectivity index (χ2v) is 5.82. The molecule has 2 heteroatoms. The van der Waals surface area contributed by atoms with Gasteiger partial charge in [0.25, 0.3) is 0 Å². The molecule has 2 aliphatic rings. The summed E-state index contributed by atoms with van der Waals surface area (Å²) in [5, 5.41) is 0.293. The Hall–Kier alpha value is 0.580. The summed E-state index contributed by atoms with van der Waals surface area (Å²) in [6, 6.07) is 0. The van der Waals surface area contributed by atoms with Crippen molar-refractivity contribution in [3.8, 4) is 0 Å². The van der Waals surface area contributed by atoms with Crippen LogP contribution >= 0.6 is 23.2 Å². The van der Waals surface area contributed by atoms with E-state index in [1.165, 1.54) is 19.3 Å². The van der Waals surface area contributed by atoms with Crippen LogP contribution in [-0.2, 0) is 0 Å². The summed E-state index contributed by atoms with van der Waals surface area (Å²) in [6.45, 7) is 4.59. The van der Waals surface area contributed by atoms with Crippen LogP contribution in [0.5, 0.6) is 0 Å². The van der Waals surface area contributed by atoms with Gasteiger partial charge in [0.15, 0.2) is 0 Å². The highest BCUT2D eigenvalue weighted by Gasteiger charge is 2.60. The Bertz CT molecular complexity index is 200. The molecule has 2 saturated carbocycles. The van der Waals surface area contributed by atoms with Gasteiger partial charge in [-0.1, -0.05) is 13.8 Å². The fraction of sp³-hybridized carbons (Fsp3) is 1.00. The van der Waals surface area contributed by atoms with Crippen LogP contribution < -0.4 is 0 Å². The van der Waals surface area contributed by atoms with Crippen LogP contribution in [0.25, 0.3) is 0 Å². The van der Waals surface area contributed by atoms with Gasteiger partial charge in [0.2, 0.25) is 0 Å². The van der Waals surface area contributed by atoms with Crippen molar-refractivity contribution in [3.05, 3.63) is 0 Å². The van der Waals surface area contributed by atoms with Crippen molar-refractivity contribution >= 4 is 23.2 Å². The molecule has 2 aliphatic carbocycles. The molecule has 0 amide bonds. The summed E-state index contributed by atoms with van der Waals surface area (Å²) in [5.74, 6) is 1.57. The third kappa shape index (κ3) is 0.915. The zero-order chi connectivity index (χ0) is 8.98. The largest absolute Gasteiger partial charge is 0.126 e. The fourth-order valence-electron chi connectivity index (χ4n) is 3.21. The van der Waals surface area contributed by atoms with E-state index >= 15 is 0 Å². The molecule has 0 heterocycles. The van der Waals surface area contributed by atoms with Crippen molar-refractivity contribution in [3.63, 3.8) is 0 Å². The van der Waals surface area contributed by atoms with E-state index in [4.69, 9.17) is 23.2 Å². The van der Waals surface area contributed by atoms with Gasteiger partial charge < -0.3 is 0 Å². The first-order valence-corrected chi connectivity index (χ1v) is 5.70. The molecule has 0 aliphatic heterocycles. The molecular weight excluding hydrogens is 191 g/mol. The maximum absolute atomic E-state index is 6.47. The molecule has 0 aromatic rings. The number of hydrogen-bond donors (Lipinski definition) is 0. The van der Waals surface area contributed by atoms with Crippen LogP contribution in [-0.4, -0.2) is 11.3 Å². The predicted molar refractivity (Wildman–Crippen MR) is 53.9 cm³/mol. The van der Waals surface area contributed by atoms with Gasteiger partial charge in [-0.15, -0.1) is 23.2 Å². The SMILES string of the molecule is CC1(C)[C@H]2CC[C@](CCl)(C2)[C@H]1Cl. The Morgan fingerprint density at radius 2 is 2.08 bits per heavy atom. The van der Waals surface area contributed by atoms with E-state index in [0.717, 1.165) is 11.8 Å². The monoisotopic (exact) mass is 206 g/mol. The number of fused-ring (bicyclic) bond motifs is 2. The van der Waals surface area contributed by atoms with Crippen molar-refractivity contribution < 1.29 is 0 Å². The van der Waals surface area contributed by atoms with Crippen LogP contribution in [0.15, 0.2) is 0 Å². The Kier molecular flexibility index (Phi) is 1.94. The first-order chi connectivity index (χ1) is 5.53. The average molecular weight is 207 g/mol. The van der Waals surface area contributed by atoms with Gasteiger partial charge in [-0.3, -0.25) is 0 Å². The van der Waals surface area contributed by atoms with Crippen LogP contribution in [0, 0.1) is 16.7 Å². The lowest BCUT2D eigenvalue weighted by Crippen LogP contribution is -2.38. The van der Waals surface area contributed by atoms with Crippen molar-refractivity contribution in [2.45, 2.75) is 38.5 Å². The normalized spacial score (nSPS) is 50.0. The predicted octanol–water partition coefficient (Wildman–Crippen LogP) is 3.66. The number of rotatable bonds is 1. The highest BCUT2D eigenvalue weighted by molar-refractivity contribution is 6.24. The standard InChI is InChI=1S/C10H16Cl2/c1-9(2)7-3-4-10(5-7,6-11)8(9)12/h7-8H,3-6H2,1-2H3/t7-,8-,10+/m0/s1. The van der Waals surface area contributed by atoms with Gasteiger partial charge in [-0.25, -0.2) is 0 Å². The van der Waals surface area contributed by atoms with Gasteiger partial charge in [0.05, 0.1) is 0 Å². The van der Waals surface area contributed by atoms with E-state index in [1.807, 2.05) is 0 Å². The lowest BCUT2D eigenvalue weighted by molar-refractivity contribution is 0.192. The van der Waals surface area contributed by atoms with Gasteiger partial charge in [-0.2, -0.15) is 0 Å². The van der Waals surface area contributed by atoms with E-state index in [0.29, 0.717) is 10.8 Å². The smallest absolute Gasteiger partial charge is 0.0457 e. The molecule has 0 spiro atoms. The van der Waals surface area contributed by atoms with Crippen molar-refractivity contribution in [2.75, 3.05) is 5.88 Å². The summed E-state index contributed by atoms with van der Waals surface area (Å²) < 4.78 is 0. The Balaban J connectivity index is 2.32. The van der Waals surface area contributed by atoms with E-state index in [2.05, 4.69) is 13.8 Å². The minimum absolute atomic E-state index is 0.275. The van der Waals surface area contributed by atoms with Gasteiger partial charge in [0.1, 0.15) is 0 Å². The van der Waals surface area contributed by atoms with Crippen LogP contribution in [0.1, 0.15) is 33.1 Å². The molecule has 2 fully saturated rings. The highest BCUT2D eigenvalue weighted by Crippen LogP contribution is 2.64. The Morgan fingerprint density at radius 3 is 2.42 bits per heavy atom. The summed E-state index contributed by atoms with van der Waals surface area (Å²) in [4.78, 5) is 0. The van der Waals surface area contributed by atoms with E-state index in [1.54, 1.807) is 0 Å². The molecule has 0 aromatic carbocycles. The Morgan fingerprint density at radius 1 is 1.42 bits per heavy atom. The van der Waals surface area contributed by atoms with Crippen LogP contribution in [0.2, 0.25) is 0 Å². The molecular formula is C10H16Cl2. The maximum atomic E-state index is 6.47. The lowest BCUT2D eigenvalue weighted by atomic mass is 9.72. The van der Waals surface area contributed by atoms with Crippen molar-refractivity contribution in [1.82, 2.24) is 0 Å². The van der Waals surface area contributed by atoms with Crippen molar-refractivity contribution in [2.24, 2.45) is 16.7 Å². The minimum Gasteiger partial charge on any atom is -0.126 e.